The van der Waals surface area contributed by atoms with Gasteiger partial charge in [0.05, 0.1) is 25.0 Å². The number of rotatable bonds is 10. The fourth-order valence-electron chi connectivity index (χ4n) is 5.59. The minimum Gasteiger partial charge on any atom is -0.497 e. The van der Waals surface area contributed by atoms with Crippen LogP contribution in [-0.2, 0) is 16.0 Å². The maximum atomic E-state index is 12.7. The van der Waals surface area contributed by atoms with E-state index in [9.17, 15) is 9.90 Å². The van der Waals surface area contributed by atoms with Crippen molar-refractivity contribution in [3.05, 3.63) is 71.0 Å². The highest BCUT2D eigenvalue weighted by atomic mass is 16.5. The number of methoxy groups -OCH3 is 1. The highest BCUT2D eigenvalue weighted by Crippen LogP contribution is 2.45. The largest absolute Gasteiger partial charge is 0.497 e. The number of carbonyl (C=O) groups is 1. The van der Waals surface area contributed by atoms with Crippen molar-refractivity contribution in [2.24, 2.45) is 5.41 Å². The maximum absolute atomic E-state index is 12.7. The smallest absolute Gasteiger partial charge is 0.337 e. The van der Waals surface area contributed by atoms with Gasteiger partial charge in [0.15, 0.2) is 6.10 Å². The Bertz CT molecular complexity index is 1380. The number of aryl methyl sites for hydroxylation is 2. The molecule has 0 spiro atoms. The van der Waals surface area contributed by atoms with E-state index < -0.39 is 17.7 Å². The molecule has 226 valence electrons. The molecule has 1 fully saturated rings. The molecule has 0 aliphatic carbocycles. The van der Waals surface area contributed by atoms with Gasteiger partial charge in [0.25, 0.3) is 0 Å². The van der Waals surface area contributed by atoms with Crippen LogP contribution in [0.1, 0.15) is 76.1 Å². The van der Waals surface area contributed by atoms with Gasteiger partial charge in [-0.05, 0) is 88.3 Å². The first kappa shape index (κ1) is 31.4. The second-order valence-corrected chi connectivity index (χ2v) is 13.0. The Labute approximate surface area is 250 Å². The standard InChI is InChI=1S/C35H46N2O5/c1-23-29(26-12-14-27(15-13-26)41-21-16-25-10-9-11-28(22-25)40-8)31(37-19-17-35(6,7)18-20-37)30(24(2)36-23)32(33(38)39)42-34(3,4)5/h9-15,22,32H,16-21H2,1-8H3,(H,38,39)/t32-/m0/s1. The zero-order valence-electron chi connectivity index (χ0n) is 26.4. The number of carboxylic acid groups (broad SMARTS) is 1. The molecular weight excluding hydrogens is 528 g/mol. The highest BCUT2D eigenvalue weighted by Gasteiger charge is 2.36. The molecule has 4 rings (SSSR count). The fourth-order valence-corrected chi connectivity index (χ4v) is 5.59. The van der Waals surface area contributed by atoms with Gasteiger partial charge in [0, 0.05) is 42.0 Å². The fraction of sp³-hybridized carbons (Fsp3) is 0.486. The van der Waals surface area contributed by atoms with E-state index >= 15 is 0 Å². The predicted molar refractivity (Wildman–Crippen MR) is 168 cm³/mol. The molecule has 1 aliphatic heterocycles. The van der Waals surface area contributed by atoms with Crippen LogP contribution in [0.15, 0.2) is 48.5 Å². The molecule has 1 aromatic heterocycles. The van der Waals surface area contributed by atoms with Gasteiger partial charge in [0.1, 0.15) is 11.5 Å². The SMILES string of the molecule is COc1cccc(CCOc2ccc(-c3c(C)nc(C)c([C@H](OC(C)(C)C)C(=O)O)c3N3CCC(C)(C)CC3)cc2)c1. The number of hydrogen-bond donors (Lipinski definition) is 1. The van der Waals surface area contributed by atoms with Crippen molar-refractivity contribution in [1.29, 1.82) is 0 Å². The van der Waals surface area contributed by atoms with E-state index in [0.717, 1.165) is 71.9 Å². The molecule has 2 aromatic carbocycles. The first-order valence-electron chi connectivity index (χ1n) is 14.8. The first-order valence-corrected chi connectivity index (χ1v) is 14.8. The summed E-state index contributed by atoms with van der Waals surface area (Å²) in [5, 5.41) is 10.4. The average Bonchev–Trinajstić information content (AvgIpc) is 2.92. The predicted octanol–water partition coefficient (Wildman–Crippen LogP) is 7.56. The third kappa shape index (κ3) is 7.62. The van der Waals surface area contributed by atoms with E-state index in [2.05, 4.69) is 24.8 Å². The molecule has 3 aromatic rings. The monoisotopic (exact) mass is 574 g/mol. The molecule has 0 unspecified atom stereocenters. The van der Waals surface area contributed by atoms with E-state index in [-0.39, 0.29) is 5.41 Å². The van der Waals surface area contributed by atoms with E-state index in [1.807, 2.05) is 77.1 Å². The Balaban J connectivity index is 1.70. The number of anilines is 1. The second kappa shape index (κ2) is 12.7. The van der Waals surface area contributed by atoms with Crippen LogP contribution >= 0.6 is 0 Å². The number of hydrogen-bond acceptors (Lipinski definition) is 6. The summed E-state index contributed by atoms with van der Waals surface area (Å²) in [5.74, 6) is 0.604. The molecular formula is C35H46N2O5. The van der Waals surface area contributed by atoms with Gasteiger partial charge in [-0.1, -0.05) is 38.1 Å². The molecule has 2 heterocycles. The Hall–Kier alpha value is -3.58. The van der Waals surface area contributed by atoms with Gasteiger partial charge in [-0.25, -0.2) is 4.79 Å². The normalized spacial score (nSPS) is 15.8. The zero-order valence-corrected chi connectivity index (χ0v) is 26.4. The summed E-state index contributed by atoms with van der Waals surface area (Å²) in [6.45, 7) is 16.4. The maximum Gasteiger partial charge on any atom is 0.337 e. The topological polar surface area (TPSA) is 81.1 Å². The average molecular weight is 575 g/mol. The molecule has 1 aliphatic rings. The number of piperidine rings is 1. The van der Waals surface area contributed by atoms with Crippen LogP contribution < -0.4 is 14.4 Å². The van der Waals surface area contributed by atoms with Crippen molar-refractivity contribution in [1.82, 2.24) is 4.98 Å². The van der Waals surface area contributed by atoms with Gasteiger partial charge < -0.3 is 24.2 Å². The van der Waals surface area contributed by atoms with Crippen LogP contribution in [0.3, 0.4) is 0 Å². The number of benzene rings is 2. The van der Waals surface area contributed by atoms with Crippen molar-refractivity contribution >= 4 is 11.7 Å². The molecule has 7 nitrogen and oxygen atoms in total. The Morgan fingerprint density at radius 1 is 1.02 bits per heavy atom. The van der Waals surface area contributed by atoms with Crippen molar-refractivity contribution < 1.29 is 24.1 Å². The Kier molecular flexibility index (Phi) is 9.51. The molecule has 1 atom stereocenters. The quantitative estimate of drug-likeness (QED) is 0.268. The van der Waals surface area contributed by atoms with Crippen molar-refractivity contribution in [3.8, 4) is 22.6 Å². The van der Waals surface area contributed by atoms with Crippen LogP contribution in [0.5, 0.6) is 11.5 Å². The van der Waals surface area contributed by atoms with Crippen LogP contribution in [0.2, 0.25) is 0 Å². The zero-order chi connectivity index (χ0) is 30.7. The third-order valence-corrected chi connectivity index (χ3v) is 7.91. The summed E-state index contributed by atoms with van der Waals surface area (Å²) in [7, 11) is 1.67. The second-order valence-electron chi connectivity index (χ2n) is 13.0. The van der Waals surface area contributed by atoms with Crippen LogP contribution in [0.25, 0.3) is 11.1 Å². The summed E-state index contributed by atoms with van der Waals surface area (Å²) < 4.78 is 17.6. The molecule has 1 N–H and O–H groups in total. The summed E-state index contributed by atoms with van der Waals surface area (Å²) in [6, 6.07) is 16.0. The van der Waals surface area contributed by atoms with Gasteiger partial charge in [-0.2, -0.15) is 0 Å². The molecule has 42 heavy (non-hydrogen) atoms. The number of aromatic nitrogens is 1. The number of ether oxygens (including phenoxy) is 3. The van der Waals surface area contributed by atoms with Gasteiger partial charge >= 0.3 is 5.97 Å². The van der Waals surface area contributed by atoms with Crippen molar-refractivity contribution in [2.45, 2.75) is 79.4 Å². The van der Waals surface area contributed by atoms with E-state index in [1.54, 1.807) is 7.11 Å². The minimum absolute atomic E-state index is 0.242. The minimum atomic E-state index is -1.14. The lowest BCUT2D eigenvalue weighted by Crippen LogP contribution is -2.39. The summed E-state index contributed by atoms with van der Waals surface area (Å²) >= 11 is 0. The number of pyridine rings is 1. The Morgan fingerprint density at radius 3 is 2.29 bits per heavy atom. The summed E-state index contributed by atoms with van der Waals surface area (Å²) in [5.41, 5.74) is 5.77. The van der Waals surface area contributed by atoms with E-state index in [1.165, 1.54) is 0 Å². The first-order chi connectivity index (χ1) is 19.8. The van der Waals surface area contributed by atoms with Gasteiger partial charge in [0.2, 0.25) is 0 Å². The molecule has 0 saturated carbocycles. The van der Waals surface area contributed by atoms with Crippen LogP contribution in [0.4, 0.5) is 5.69 Å². The molecule has 0 radical (unpaired) electrons. The summed E-state index contributed by atoms with van der Waals surface area (Å²) in [4.78, 5) is 19.9. The van der Waals surface area contributed by atoms with Crippen molar-refractivity contribution in [2.75, 3.05) is 31.7 Å². The number of carboxylic acids is 1. The van der Waals surface area contributed by atoms with E-state index in [0.29, 0.717) is 17.9 Å². The lowest BCUT2D eigenvalue weighted by Gasteiger charge is -2.41. The molecule has 1 saturated heterocycles. The van der Waals surface area contributed by atoms with E-state index in [4.69, 9.17) is 19.2 Å². The number of aliphatic carboxylic acids is 1. The van der Waals surface area contributed by atoms with Gasteiger partial charge in [-0.15, -0.1) is 0 Å². The number of nitrogens with zero attached hydrogens (tertiary/aromatic N) is 2. The highest BCUT2D eigenvalue weighted by molar-refractivity contribution is 5.88. The lowest BCUT2D eigenvalue weighted by molar-refractivity contribution is -0.160. The molecule has 0 bridgehead atoms. The van der Waals surface area contributed by atoms with Gasteiger partial charge in [-0.3, -0.25) is 4.98 Å². The lowest BCUT2D eigenvalue weighted by atomic mass is 9.82. The third-order valence-electron chi connectivity index (χ3n) is 7.91. The molecule has 7 heteroatoms. The van der Waals surface area contributed by atoms with Crippen molar-refractivity contribution in [3.63, 3.8) is 0 Å². The van der Waals surface area contributed by atoms with Crippen LogP contribution in [0, 0.1) is 19.3 Å². The molecule has 0 amide bonds. The Morgan fingerprint density at radius 2 is 1.69 bits per heavy atom. The summed E-state index contributed by atoms with van der Waals surface area (Å²) in [6.07, 6.45) is 1.67. The van der Waals surface area contributed by atoms with Crippen LogP contribution in [-0.4, -0.2) is 48.5 Å².